The van der Waals surface area contributed by atoms with Crippen molar-refractivity contribution in [1.82, 2.24) is 0 Å². The lowest BCUT2D eigenvalue weighted by atomic mass is 10.3. The molecule has 0 heterocycles. The van der Waals surface area contributed by atoms with Crippen LogP contribution in [-0.4, -0.2) is 23.2 Å². The standard InChI is InChI=1S/C10H11F3N2OS/c11-10(12,13)17-6-8(14)9(16)15-7-4-2-1-3-5-7/h1-5,8H,6,14H2,(H,15,16)/t8-/m0/s1. The summed E-state index contributed by atoms with van der Waals surface area (Å²) in [6.07, 6.45) is 0. The van der Waals surface area contributed by atoms with E-state index in [-0.39, 0.29) is 11.8 Å². The fourth-order valence-electron chi connectivity index (χ4n) is 1.02. The second kappa shape index (κ2) is 5.92. The van der Waals surface area contributed by atoms with Crippen LogP contribution >= 0.6 is 11.8 Å². The Labute approximate surface area is 101 Å². The maximum Gasteiger partial charge on any atom is 0.441 e. The molecule has 0 radical (unpaired) electrons. The number of benzene rings is 1. The summed E-state index contributed by atoms with van der Waals surface area (Å²) >= 11 is -0.305. The lowest BCUT2D eigenvalue weighted by Gasteiger charge is -2.12. The molecule has 0 saturated carbocycles. The molecule has 0 aliphatic carbocycles. The van der Waals surface area contributed by atoms with Gasteiger partial charge in [0.05, 0.1) is 6.04 Å². The van der Waals surface area contributed by atoms with Gasteiger partial charge in [0.25, 0.3) is 0 Å². The predicted octanol–water partition coefficient (Wildman–Crippen LogP) is 2.21. The molecule has 1 aromatic rings. The first-order valence-electron chi connectivity index (χ1n) is 4.70. The Morgan fingerprint density at radius 2 is 1.94 bits per heavy atom. The minimum absolute atomic E-state index is 0.305. The first-order chi connectivity index (χ1) is 7.88. The van der Waals surface area contributed by atoms with Gasteiger partial charge in [-0.3, -0.25) is 4.79 Å². The molecular weight excluding hydrogens is 253 g/mol. The number of hydrogen-bond donors (Lipinski definition) is 2. The third-order valence-corrected chi connectivity index (χ3v) is 2.66. The third kappa shape index (κ3) is 5.60. The van der Waals surface area contributed by atoms with E-state index in [4.69, 9.17) is 5.73 Å². The number of thioether (sulfide) groups is 1. The first kappa shape index (κ1) is 13.9. The van der Waals surface area contributed by atoms with Crippen molar-refractivity contribution < 1.29 is 18.0 Å². The fourth-order valence-corrected chi connectivity index (χ4v) is 1.54. The van der Waals surface area contributed by atoms with E-state index < -0.39 is 23.2 Å². The topological polar surface area (TPSA) is 55.1 Å². The van der Waals surface area contributed by atoms with Crippen molar-refractivity contribution in [2.45, 2.75) is 11.6 Å². The summed E-state index contributed by atoms with van der Waals surface area (Å²) in [5, 5.41) is 2.43. The fraction of sp³-hybridized carbons (Fsp3) is 0.300. The number of para-hydroxylation sites is 1. The number of rotatable bonds is 4. The van der Waals surface area contributed by atoms with Crippen LogP contribution in [0.2, 0.25) is 0 Å². The van der Waals surface area contributed by atoms with E-state index in [0.717, 1.165) is 0 Å². The van der Waals surface area contributed by atoms with Crippen molar-refractivity contribution in [1.29, 1.82) is 0 Å². The van der Waals surface area contributed by atoms with Crippen molar-refractivity contribution in [2.24, 2.45) is 5.73 Å². The Morgan fingerprint density at radius 3 is 2.47 bits per heavy atom. The predicted molar refractivity (Wildman–Crippen MR) is 61.6 cm³/mol. The Hall–Kier alpha value is -1.21. The highest BCUT2D eigenvalue weighted by Gasteiger charge is 2.30. The molecule has 3 N–H and O–H groups in total. The van der Waals surface area contributed by atoms with E-state index in [1.165, 1.54) is 0 Å². The number of alkyl halides is 3. The Kier molecular flexibility index (Phi) is 4.83. The third-order valence-electron chi connectivity index (χ3n) is 1.80. The van der Waals surface area contributed by atoms with Gasteiger partial charge in [0.1, 0.15) is 0 Å². The van der Waals surface area contributed by atoms with E-state index in [9.17, 15) is 18.0 Å². The van der Waals surface area contributed by atoms with Crippen LogP contribution in [0.5, 0.6) is 0 Å². The number of nitrogens with two attached hydrogens (primary N) is 1. The van der Waals surface area contributed by atoms with Gasteiger partial charge >= 0.3 is 5.51 Å². The molecule has 1 rings (SSSR count). The highest BCUT2D eigenvalue weighted by atomic mass is 32.2. The number of anilines is 1. The van der Waals surface area contributed by atoms with E-state index >= 15 is 0 Å². The summed E-state index contributed by atoms with van der Waals surface area (Å²) in [5.41, 5.74) is 1.47. The van der Waals surface area contributed by atoms with Gasteiger partial charge in [-0.25, -0.2) is 0 Å². The first-order valence-corrected chi connectivity index (χ1v) is 5.69. The normalized spacial score (nSPS) is 13.2. The molecule has 0 unspecified atom stereocenters. The summed E-state index contributed by atoms with van der Waals surface area (Å²) < 4.78 is 35.6. The smallest absolute Gasteiger partial charge is 0.325 e. The average Bonchev–Trinajstić information content (AvgIpc) is 2.26. The van der Waals surface area contributed by atoms with Crippen LogP contribution in [0.3, 0.4) is 0 Å². The maximum absolute atomic E-state index is 11.9. The Balaban J connectivity index is 2.43. The van der Waals surface area contributed by atoms with E-state index in [2.05, 4.69) is 5.32 Å². The van der Waals surface area contributed by atoms with Crippen molar-refractivity contribution >= 4 is 23.4 Å². The van der Waals surface area contributed by atoms with Gasteiger partial charge in [-0.1, -0.05) is 18.2 Å². The SMILES string of the molecule is N[C@@H](CSC(F)(F)F)C(=O)Nc1ccccc1. The number of nitrogens with one attached hydrogen (secondary N) is 1. The van der Waals surface area contributed by atoms with Gasteiger partial charge in [-0.2, -0.15) is 13.2 Å². The molecule has 1 aromatic carbocycles. The van der Waals surface area contributed by atoms with E-state index in [1.807, 2.05) is 0 Å². The molecule has 0 aliphatic rings. The Morgan fingerprint density at radius 1 is 1.35 bits per heavy atom. The van der Waals surface area contributed by atoms with Crippen LogP contribution in [0.1, 0.15) is 0 Å². The van der Waals surface area contributed by atoms with Gasteiger partial charge in [0, 0.05) is 11.4 Å². The molecule has 17 heavy (non-hydrogen) atoms. The van der Waals surface area contributed by atoms with E-state index in [1.54, 1.807) is 30.3 Å². The second-order valence-electron chi connectivity index (χ2n) is 3.22. The maximum atomic E-state index is 11.9. The summed E-state index contributed by atoms with van der Waals surface area (Å²) in [5.74, 6) is -1.13. The monoisotopic (exact) mass is 264 g/mol. The molecule has 0 aromatic heterocycles. The molecule has 1 amide bonds. The number of carbonyl (C=O) groups is 1. The number of amides is 1. The van der Waals surface area contributed by atoms with Crippen LogP contribution < -0.4 is 11.1 Å². The highest BCUT2D eigenvalue weighted by Crippen LogP contribution is 2.30. The van der Waals surface area contributed by atoms with Gasteiger partial charge < -0.3 is 11.1 Å². The quantitative estimate of drug-likeness (QED) is 0.876. The second-order valence-corrected chi connectivity index (χ2v) is 4.30. The minimum atomic E-state index is -4.37. The van der Waals surface area contributed by atoms with Crippen molar-refractivity contribution in [3.05, 3.63) is 30.3 Å². The zero-order valence-corrected chi connectivity index (χ0v) is 9.52. The molecule has 0 aliphatic heterocycles. The number of halogens is 3. The largest absolute Gasteiger partial charge is 0.441 e. The van der Waals surface area contributed by atoms with Crippen LogP contribution in [0, 0.1) is 0 Å². The lowest BCUT2D eigenvalue weighted by Crippen LogP contribution is -2.38. The Bertz CT molecular complexity index is 370. The van der Waals surface area contributed by atoms with Gasteiger partial charge in [0.2, 0.25) is 5.91 Å². The number of carbonyl (C=O) groups excluding carboxylic acids is 1. The molecule has 0 bridgehead atoms. The van der Waals surface area contributed by atoms with Gasteiger partial charge in [0.15, 0.2) is 0 Å². The molecule has 94 valence electrons. The van der Waals surface area contributed by atoms with Crippen molar-refractivity contribution in [3.8, 4) is 0 Å². The molecule has 7 heteroatoms. The molecule has 0 spiro atoms. The zero-order chi connectivity index (χ0) is 12.9. The molecule has 3 nitrogen and oxygen atoms in total. The summed E-state index contributed by atoms with van der Waals surface area (Å²) in [4.78, 5) is 11.4. The minimum Gasteiger partial charge on any atom is -0.325 e. The summed E-state index contributed by atoms with van der Waals surface area (Å²) in [6, 6.07) is 7.22. The van der Waals surface area contributed by atoms with Crippen LogP contribution in [0.4, 0.5) is 18.9 Å². The molecular formula is C10H11F3N2OS. The summed E-state index contributed by atoms with van der Waals surface area (Å²) in [7, 11) is 0. The average molecular weight is 264 g/mol. The lowest BCUT2D eigenvalue weighted by molar-refractivity contribution is -0.116. The van der Waals surface area contributed by atoms with Crippen LogP contribution in [-0.2, 0) is 4.79 Å². The summed E-state index contributed by atoms with van der Waals surface area (Å²) in [6.45, 7) is 0. The zero-order valence-electron chi connectivity index (χ0n) is 8.70. The molecule has 0 saturated heterocycles. The van der Waals surface area contributed by atoms with Crippen molar-refractivity contribution in [2.75, 3.05) is 11.1 Å². The van der Waals surface area contributed by atoms with Crippen molar-refractivity contribution in [3.63, 3.8) is 0 Å². The van der Waals surface area contributed by atoms with Gasteiger partial charge in [-0.05, 0) is 23.9 Å². The molecule has 0 fully saturated rings. The highest BCUT2D eigenvalue weighted by molar-refractivity contribution is 8.00. The van der Waals surface area contributed by atoms with Crippen LogP contribution in [0.15, 0.2) is 30.3 Å². The molecule has 1 atom stereocenters. The van der Waals surface area contributed by atoms with Gasteiger partial charge in [-0.15, -0.1) is 0 Å². The number of hydrogen-bond acceptors (Lipinski definition) is 3. The van der Waals surface area contributed by atoms with Crippen LogP contribution in [0.25, 0.3) is 0 Å². The van der Waals surface area contributed by atoms with E-state index in [0.29, 0.717) is 5.69 Å².